The average Bonchev–Trinajstić information content (AvgIpc) is 3.23. The number of rotatable bonds is 3. The van der Waals surface area contributed by atoms with Crippen molar-refractivity contribution in [2.45, 2.75) is 5.72 Å². The van der Waals surface area contributed by atoms with Crippen LogP contribution in [0.3, 0.4) is 0 Å². The number of nitrogens with zero attached hydrogens (tertiary/aromatic N) is 2. The number of hydrogen-bond donors (Lipinski definition) is 2. The lowest BCUT2D eigenvalue weighted by molar-refractivity contribution is 0.0652. The monoisotopic (exact) mass is 321 g/mol. The Hall–Kier alpha value is -3.12. The molecule has 1 amide bonds. The van der Waals surface area contributed by atoms with Crippen LogP contribution in [0.2, 0.25) is 0 Å². The number of H-pyrrole nitrogens is 1. The Kier molecular flexibility index (Phi) is 3.14. The molecule has 2 heterocycles. The van der Waals surface area contributed by atoms with Crippen LogP contribution < -0.4 is 9.64 Å². The van der Waals surface area contributed by atoms with Crippen LogP contribution in [0.25, 0.3) is 0 Å². The van der Waals surface area contributed by atoms with Gasteiger partial charge >= 0.3 is 0 Å². The summed E-state index contributed by atoms with van der Waals surface area (Å²) in [5, 5.41) is 11.5. The van der Waals surface area contributed by atoms with E-state index >= 15 is 0 Å². The van der Waals surface area contributed by atoms with Crippen molar-refractivity contribution in [3.8, 4) is 5.75 Å². The van der Waals surface area contributed by atoms with Crippen molar-refractivity contribution in [3.05, 3.63) is 77.9 Å². The molecule has 4 rings (SSSR count). The second-order valence-electron chi connectivity index (χ2n) is 5.49. The molecule has 0 aliphatic carbocycles. The molecule has 0 unspecified atom stereocenters. The van der Waals surface area contributed by atoms with E-state index in [0.29, 0.717) is 22.6 Å². The zero-order chi connectivity index (χ0) is 16.7. The highest BCUT2D eigenvalue weighted by Gasteiger charge is 2.52. The minimum atomic E-state index is -1.69. The van der Waals surface area contributed by atoms with Crippen molar-refractivity contribution in [2.24, 2.45) is 0 Å². The van der Waals surface area contributed by atoms with Crippen LogP contribution in [0, 0.1) is 0 Å². The molecule has 0 bridgehead atoms. The lowest BCUT2D eigenvalue weighted by atomic mass is 10.0. The van der Waals surface area contributed by atoms with Gasteiger partial charge < -0.3 is 14.8 Å². The number of hydrogen-bond acceptors (Lipinski definition) is 4. The topological polar surface area (TPSA) is 78.4 Å². The lowest BCUT2D eigenvalue weighted by Gasteiger charge is -2.32. The lowest BCUT2D eigenvalue weighted by Crippen LogP contribution is -2.45. The highest BCUT2D eigenvalue weighted by molar-refractivity contribution is 6.12. The van der Waals surface area contributed by atoms with Gasteiger partial charge in [0.15, 0.2) is 5.82 Å². The number of anilines is 1. The molecule has 120 valence electrons. The molecule has 1 atom stereocenters. The van der Waals surface area contributed by atoms with Crippen LogP contribution in [-0.4, -0.2) is 28.1 Å². The van der Waals surface area contributed by atoms with Crippen LogP contribution in [0.15, 0.2) is 60.9 Å². The maximum absolute atomic E-state index is 13.0. The fourth-order valence-corrected chi connectivity index (χ4v) is 3.09. The van der Waals surface area contributed by atoms with Crippen LogP contribution in [0.5, 0.6) is 5.75 Å². The molecule has 1 aliphatic heterocycles. The Balaban J connectivity index is 1.93. The van der Waals surface area contributed by atoms with Crippen LogP contribution in [0.4, 0.5) is 5.69 Å². The number of benzene rings is 2. The van der Waals surface area contributed by atoms with Crippen molar-refractivity contribution < 1.29 is 14.6 Å². The van der Waals surface area contributed by atoms with Gasteiger partial charge in [0, 0.05) is 29.2 Å². The zero-order valence-electron chi connectivity index (χ0n) is 12.9. The first-order chi connectivity index (χ1) is 11.7. The third-order valence-corrected chi connectivity index (χ3v) is 4.22. The Morgan fingerprint density at radius 2 is 1.92 bits per heavy atom. The molecule has 1 aliphatic rings. The molecular formula is C18H15N3O3. The predicted molar refractivity (Wildman–Crippen MR) is 87.8 cm³/mol. The summed E-state index contributed by atoms with van der Waals surface area (Å²) < 4.78 is 5.16. The normalized spacial score (nSPS) is 19.4. The van der Waals surface area contributed by atoms with E-state index in [1.807, 2.05) is 0 Å². The number of methoxy groups -OCH3 is 1. The van der Waals surface area contributed by atoms with E-state index in [9.17, 15) is 9.90 Å². The number of aromatic nitrogens is 2. The standard InChI is InChI=1S/C18H15N3O3/c1-24-13-8-6-12(7-9-13)21-16(22)14-4-2-3-5-15(14)18(21,23)17-19-10-11-20-17/h2-11,23H,1H3,(H,19,20)/t18-/m0/s1. The van der Waals surface area contributed by atoms with Gasteiger partial charge in [0.05, 0.1) is 7.11 Å². The van der Waals surface area contributed by atoms with Gasteiger partial charge in [-0.3, -0.25) is 9.69 Å². The molecule has 1 aromatic heterocycles. The van der Waals surface area contributed by atoms with E-state index in [1.54, 1.807) is 68.0 Å². The number of aromatic amines is 1. The average molecular weight is 321 g/mol. The van der Waals surface area contributed by atoms with Crippen molar-refractivity contribution in [1.82, 2.24) is 9.97 Å². The highest BCUT2D eigenvalue weighted by Crippen LogP contribution is 2.43. The van der Waals surface area contributed by atoms with E-state index in [0.717, 1.165) is 0 Å². The SMILES string of the molecule is COc1ccc(N2C(=O)c3ccccc3[C@]2(O)c2ncc[nH]2)cc1. The molecule has 0 spiro atoms. The first-order valence-electron chi connectivity index (χ1n) is 7.46. The summed E-state index contributed by atoms with van der Waals surface area (Å²) in [5.41, 5.74) is -0.185. The first-order valence-corrected chi connectivity index (χ1v) is 7.46. The largest absolute Gasteiger partial charge is 0.497 e. The maximum Gasteiger partial charge on any atom is 0.261 e. The predicted octanol–water partition coefficient (Wildman–Crippen LogP) is 2.27. The number of nitrogens with one attached hydrogen (secondary N) is 1. The minimum absolute atomic E-state index is 0.283. The second-order valence-corrected chi connectivity index (χ2v) is 5.49. The van der Waals surface area contributed by atoms with Gasteiger partial charge in [0.1, 0.15) is 5.75 Å². The number of carbonyl (C=O) groups excluding carboxylic acids is 1. The van der Waals surface area contributed by atoms with Gasteiger partial charge in [-0.25, -0.2) is 4.98 Å². The summed E-state index contributed by atoms with van der Waals surface area (Å²) in [4.78, 5) is 21.4. The van der Waals surface area contributed by atoms with E-state index in [1.165, 1.54) is 4.90 Å². The molecule has 0 radical (unpaired) electrons. The van der Waals surface area contributed by atoms with Crippen molar-refractivity contribution in [3.63, 3.8) is 0 Å². The summed E-state index contributed by atoms with van der Waals surface area (Å²) in [6.07, 6.45) is 3.16. The second kappa shape index (κ2) is 5.21. The van der Waals surface area contributed by atoms with E-state index in [4.69, 9.17) is 4.74 Å². The summed E-state index contributed by atoms with van der Waals surface area (Å²) in [6, 6.07) is 14.0. The molecule has 0 fully saturated rings. The van der Waals surface area contributed by atoms with Gasteiger partial charge in [-0.1, -0.05) is 18.2 Å². The van der Waals surface area contributed by atoms with E-state index < -0.39 is 5.72 Å². The van der Waals surface area contributed by atoms with Gasteiger partial charge in [-0.2, -0.15) is 0 Å². The smallest absolute Gasteiger partial charge is 0.261 e. The molecule has 3 aromatic rings. The van der Waals surface area contributed by atoms with E-state index in [-0.39, 0.29) is 11.7 Å². The zero-order valence-corrected chi connectivity index (χ0v) is 12.9. The molecule has 2 aromatic carbocycles. The fourth-order valence-electron chi connectivity index (χ4n) is 3.09. The molecule has 6 nitrogen and oxygen atoms in total. The first kappa shape index (κ1) is 14.5. The number of ether oxygens (including phenoxy) is 1. The Morgan fingerprint density at radius 3 is 2.58 bits per heavy atom. The fraction of sp³-hybridized carbons (Fsp3) is 0.111. The Labute approximate surface area is 138 Å². The quantitative estimate of drug-likeness (QED) is 0.776. The Morgan fingerprint density at radius 1 is 1.17 bits per heavy atom. The van der Waals surface area contributed by atoms with Gasteiger partial charge in [0.25, 0.3) is 5.91 Å². The van der Waals surface area contributed by atoms with Gasteiger partial charge in [-0.05, 0) is 30.3 Å². The number of amides is 1. The molecule has 0 saturated carbocycles. The summed E-state index contributed by atoms with van der Waals surface area (Å²) >= 11 is 0. The van der Waals surface area contributed by atoms with Crippen LogP contribution in [-0.2, 0) is 5.72 Å². The highest BCUT2D eigenvalue weighted by atomic mass is 16.5. The number of fused-ring (bicyclic) bond motifs is 1. The molecule has 0 saturated heterocycles. The number of aliphatic hydroxyl groups is 1. The van der Waals surface area contributed by atoms with Gasteiger partial charge in [0.2, 0.25) is 5.72 Å². The molecule has 2 N–H and O–H groups in total. The van der Waals surface area contributed by atoms with Crippen LogP contribution in [0.1, 0.15) is 21.7 Å². The van der Waals surface area contributed by atoms with Gasteiger partial charge in [-0.15, -0.1) is 0 Å². The Bertz CT molecular complexity index is 890. The van der Waals surface area contributed by atoms with Crippen molar-refractivity contribution in [1.29, 1.82) is 0 Å². The van der Waals surface area contributed by atoms with Crippen molar-refractivity contribution >= 4 is 11.6 Å². The van der Waals surface area contributed by atoms with Crippen LogP contribution >= 0.6 is 0 Å². The molecule has 6 heteroatoms. The summed E-state index contributed by atoms with van der Waals surface area (Å²) in [7, 11) is 1.57. The third kappa shape index (κ3) is 1.87. The summed E-state index contributed by atoms with van der Waals surface area (Å²) in [6.45, 7) is 0. The van der Waals surface area contributed by atoms with E-state index in [2.05, 4.69) is 9.97 Å². The number of imidazole rings is 1. The molecule has 24 heavy (non-hydrogen) atoms. The maximum atomic E-state index is 13.0. The molecular weight excluding hydrogens is 306 g/mol. The summed E-state index contributed by atoms with van der Waals surface area (Å²) in [5.74, 6) is 0.677. The minimum Gasteiger partial charge on any atom is -0.497 e. The van der Waals surface area contributed by atoms with Crippen molar-refractivity contribution in [2.75, 3.05) is 12.0 Å². The number of carbonyl (C=O) groups is 1. The third-order valence-electron chi connectivity index (χ3n) is 4.22.